The molecular formula is C20H23N5O5. The van der Waals surface area contributed by atoms with Crippen LogP contribution < -0.4 is 10.1 Å². The second-order valence-corrected chi connectivity index (χ2v) is 8.26. The molecule has 1 saturated carbocycles. The zero-order valence-corrected chi connectivity index (χ0v) is 17.0. The van der Waals surface area contributed by atoms with Crippen LogP contribution in [0.5, 0.6) is 5.75 Å². The second-order valence-electron chi connectivity index (χ2n) is 8.26. The maximum Gasteiger partial charge on any atom is 0.258 e. The van der Waals surface area contributed by atoms with Crippen molar-refractivity contribution >= 4 is 17.5 Å². The summed E-state index contributed by atoms with van der Waals surface area (Å²) in [5.74, 6) is -0.311. The van der Waals surface area contributed by atoms with Crippen LogP contribution in [0, 0.1) is 16.0 Å². The third kappa shape index (κ3) is 3.21. The highest BCUT2D eigenvalue weighted by Gasteiger charge is 2.57. The zero-order chi connectivity index (χ0) is 21.6. The number of ether oxygens (including phenoxy) is 1. The number of nitro groups is 1. The van der Waals surface area contributed by atoms with Gasteiger partial charge < -0.3 is 10.1 Å². The Balaban J connectivity index is 1.85. The maximum absolute atomic E-state index is 12.7. The van der Waals surface area contributed by atoms with Crippen molar-refractivity contribution in [1.29, 1.82) is 0 Å². The molecule has 1 aromatic carbocycles. The van der Waals surface area contributed by atoms with E-state index in [1.54, 1.807) is 45.2 Å². The minimum Gasteiger partial charge on any atom is -0.497 e. The van der Waals surface area contributed by atoms with E-state index >= 15 is 0 Å². The summed E-state index contributed by atoms with van der Waals surface area (Å²) < 4.78 is 6.53. The maximum atomic E-state index is 12.7. The van der Waals surface area contributed by atoms with Gasteiger partial charge in [-0.05, 0) is 44.5 Å². The highest BCUT2D eigenvalue weighted by molar-refractivity contribution is 6.05. The molecule has 2 unspecified atom stereocenters. The van der Waals surface area contributed by atoms with Crippen molar-refractivity contribution in [2.24, 2.45) is 5.92 Å². The lowest BCUT2D eigenvalue weighted by Crippen LogP contribution is -2.60. The molecule has 30 heavy (non-hydrogen) atoms. The molecule has 1 aromatic heterocycles. The molecule has 0 amide bonds. The summed E-state index contributed by atoms with van der Waals surface area (Å²) in [5, 5.41) is 19.6. The van der Waals surface area contributed by atoms with Gasteiger partial charge in [-0.25, -0.2) is 4.68 Å². The third-order valence-electron chi connectivity index (χ3n) is 5.87. The minimum atomic E-state index is -1.23. The number of anilines is 1. The van der Waals surface area contributed by atoms with Crippen LogP contribution in [0.25, 0.3) is 11.4 Å². The van der Waals surface area contributed by atoms with Crippen molar-refractivity contribution in [2.45, 2.75) is 50.7 Å². The number of methoxy groups -OCH3 is 1. The van der Waals surface area contributed by atoms with Gasteiger partial charge in [0.2, 0.25) is 5.95 Å². The number of fused-ring (bicyclic) bond motifs is 1. The van der Waals surface area contributed by atoms with Gasteiger partial charge in [0.15, 0.2) is 5.82 Å². The summed E-state index contributed by atoms with van der Waals surface area (Å²) >= 11 is 0. The molecular weight excluding hydrogens is 390 g/mol. The zero-order valence-electron chi connectivity index (χ0n) is 17.0. The molecule has 10 heteroatoms. The van der Waals surface area contributed by atoms with E-state index in [4.69, 9.17) is 4.74 Å². The molecule has 0 radical (unpaired) electrons. The Morgan fingerprint density at radius 2 is 1.83 bits per heavy atom. The molecule has 1 aliphatic carbocycles. The number of Topliss-reactive ketones (excluding diaryl/α,β-unsaturated/α-hetero) is 2. The fourth-order valence-corrected chi connectivity index (χ4v) is 4.42. The van der Waals surface area contributed by atoms with E-state index in [1.807, 2.05) is 0 Å². The van der Waals surface area contributed by atoms with Gasteiger partial charge in [0.1, 0.15) is 34.8 Å². The van der Waals surface area contributed by atoms with E-state index < -0.39 is 28.5 Å². The van der Waals surface area contributed by atoms with E-state index in [-0.39, 0.29) is 24.4 Å². The smallest absolute Gasteiger partial charge is 0.258 e. The highest BCUT2D eigenvalue weighted by atomic mass is 16.6. The Hall–Kier alpha value is -3.30. The lowest BCUT2D eigenvalue weighted by Gasteiger charge is -2.41. The lowest BCUT2D eigenvalue weighted by atomic mass is 9.74. The number of aromatic nitrogens is 3. The van der Waals surface area contributed by atoms with Crippen molar-refractivity contribution in [1.82, 2.24) is 14.8 Å². The van der Waals surface area contributed by atoms with Gasteiger partial charge in [-0.2, -0.15) is 4.98 Å². The minimum absolute atomic E-state index is 0.237. The summed E-state index contributed by atoms with van der Waals surface area (Å²) in [6, 6.07) is 4.82. The topological polar surface area (TPSA) is 129 Å². The van der Waals surface area contributed by atoms with E-state index in [2.05, 4.69) is 15.4 Å². The van der Waals surface area contributed by atoms with Gasteiger partial charge >= 0.3 is 0 Å². The van der Waals surface area contributed by atoms with E-state index in [9.17, 15) is 19.7 Å². The number of carbonyl (C=O) groups excluding carboxylic acids is 2. The number of nitrogens with one attached hydrogen (secondary N) is 1. The van der Waals surface area contributed by atoms with Gasteiger partial charge in [0, 0.05) is 23.3 Å². The standard InChI is InChI=1S/C20H23N5O5/c1-20(2)17(25(28)29)16(15-13(26)5-4-6-14(15)27)24-19(22-20)21-18(23-24)11-7-9-12(30-3)10-8-11/h7-10,15-17H,4-6H2,1-3H3,(H,21,22,23). The highest BCUT2D eigenvalue weighted by Crippen LogP contribution is 2.42. The molecule has 2 heterocycles. The predicted molar refractivity (Wildman–Crippen MR) is 107 cm³/mol. The monoisotopic (exact) mass is 413 g/mol. The number of benzene rings is 1. The van der Waals surface area contributed by atoms with Crippen LogP contribution in [-0.4, -0.2) is 49.9 Å². The van der Waals surface area contributed by atoms with E-state index in [1.165, 1.54) is 4.68 Å². The van der Waals surface area contributed by atoms with Crippen LogP contribution in [0.15, 0.2) is 24.3 Å². The molecule has 0 saturated heterocycles. The Kier molecular flexibility index (Phi) is 4.79. The average molecular weight is 413 g/mol. The number of nitrogens with zero attached hydrogens (tertiary/aromatic N) is 4. The van der Waals surface area contributed by atoms with Crippen LogP contribution in [0.2, 0.25) is 0 Å². The van der Waals surface area contributed by atoms with E-state index in [0.29, 0.717) is 29.5 Å². The van der Waals surface area contributed by atoms with Crippen LogP contribution in [0.4, 0.5) is 5.95 Å². The number of carbonyl (C=O) groups is 2. The average Bonchev–Trinajstić information content (AvgIpc) is 3.09. The molecule has 0 spiro atoms. The molecule has 4 rings (SSSR count). The molecule has 1 fully saturated rings. The SMILES string of the molecule is COc1ccc(-c2nc3n(n2)C(C2C(=O)CCCC2=O)C([N+](=O)[O-])C(C)(C)N3)cc1. The van der Waals surface area contributed by atoms with Crippen molar-refractivity contribution in [3.63, 3.8) is 0 Å². The fraction of sp³-hybridized carbons (Fsp3) is 0.500. The summed E-state index contributed by atoms with van der Waals surface area (Å²) in [6.07, 6.45) is 0.952. The molecule has 1 aliphatic heterocycles. The second kappa shape index (κ2) is 7.19. The lowest BCUT2D eigenvalue weighted by molar-refractivity contribution is -0.540. The number of rotatable bonds is 4. The summed E-state index contributed by atoms with van der Waals surface area (Å²) in [4.78, 5) is 41.6. The fourth-order valence-electron chi connectivity index (χ4n) is 4.42. The third-order valence-corrected chi connectivity index (χ3v) is 5.87. The molecule has 10 nitrogen and oxygen atoms in total. The van der Waals surface area contributed by atoms with E-state index in [0.717, 1.165) is 0 Å². The van der Waals surface area contributed by atoms with Crippen molar-refractivity contribution < 1.29 is 19.2 Å². The normalized spacial score (nSPS) is 23.6. The Labute approximate surface area is 172 Å². The molecule has 2 aromatic rings. The number of hydrogen-bond donors (Lipinski definition) is 1. The molecule has 2 atom stereocenters. The Bertz CT molecular complexity index is 997. The molecule has 1 N–H and O–H groups in total. The van der Waals surface area contributed by atoms with Gasteiger partial charge in [-0.1, -0.05) is 0 Å². The van der Waals surface area contributed by atoms with Crippen molar-refractivity contribution in [3.8, 4) is 17.1 Å². The number of hydrogen-bond acceptors (Lipinski definition) is 8. The van der Waals surface area contributed by atoms with Crippen molar-refractivity contribution in [2.75, 3.05) is 12.4 Å². The van der Waals surface area contributed by atoms with Crippen LogP contribution in [0.1, 0.15) is 39.2 Å². The first-order valence-corrected chi connectivity index (χ1v) is 9.81. The molecule has 158 valence electrons. The van der Waals surface area contributed by atoms with Crippen LogP contribution in [-0.2, 0) is 9.59 Å². The molecule has 0 bridgehead atoms. The Morgan fingerprint density at radius 1 is 1.20 bits per heavy atom. The summed E-state index contributed by atoms with van der Waals surface area (Å²) in [6.45, 7) is 3.35. The first-order chi connectivity index (χ1) is 14.2. The Morgan fingerprint density at radius 3 is 2.40 bits per heavy atom. The quantitative estimate of drug-likeness (QED) is 0.459. The van der Waals surface area contributed by atoms with Crippen LogP contribution >= 0.6 is 0 Å². The van der Waals surface area contributed by atoms with Crippen molar-refractivity contribution in [3.05, 3.63) is 34.4 Å². The van der Waals surface area contributed by atoms with Crippen LogP contribution in [0.3, 0.4) is 0 Å². The largest absolute Gasteiger partial charge is 0.497 e. The van der Waals surface area contributed by atoms with Gasteiger partial charge in [0.05, 0.1) is 7.11 Å². The van der Waals surface area contributed by atoms with Gasteiger partial charge in [0.25, 0.3) is 6.04 Å². The van der Waals surface area contributed by atoms with Gasteiger partial charge in [-0.15, -0.1) is 5.10 Å². The summed E-state index contributed by atoms with van der Waals surface area (Å²) in [7, 11) is 1.56. The number of ketones is 2. The predicted octanol–water partition coefficient (Wildman–Crippen LogP) is 2.28. The summed E-state index contributed by atoms with van der Waals surface area (Å²) in [5.41, 5.74) is -0.346. The molecule has 2 aliphatic rings. The first-order valence-electron chi connectivity index (χ1n) is 9.81. The van der Waals surface area contributed by atoms with Gasteiger partial charge in [-0.3, -0.25) is 19.7 Å². The first kappa shape index (κ1) is 20.0.